The Morgan fingerprint density at radius 2 is 1.88 bits per heavy atom. The number of amides is 1. The number of halogens is 5. The first-order chi connectivity index (χ1) is 11.8. The fraction of sp³-hybridized carbons (Fsp3) is 0.0714. The fourth-order valence-electron chi connectivity index (χ4n) is 1.64. The van der Waals surface area contributed by atoms with Crippen LogP contribution in [0.25, 0.3) is 0 Å². The summed E-state index contributed by atoms with van der Waals surface area (Å²) >= 11 is 17.4. The molecule has 0 aliphatic heterocycles. The van der Waals surface area contributed by atoms with E-state index in [9.17, 15) is 13.6 Å². The van der Waals surface area contributed by atoms with Crippen molar-refractivity contribution in [2.24, 2.45) is 5.10 Å². The minimum atomic E-state index is -2.91. The smallest absolute Gasteiger partial charge is 0.387 e. The van der Waals surface area contributed by atoms with E-state index in [0.29, 0.717) is 5.56 Å². The number of alkyl halides is 2. The number of anilines is 1. The van der Waals surface area contributed by atoms with Gasteiger partial charge in [-0.25, -0.2) is 10.4 Å². The number of nitrogens with zero attached hydrogens (tertiary/aromatic N) is 2. The largest absolute Gasteiger partial charge is 0.435 e. The lowest BCUT2D eigenvalue weighted by molar-refractivity contribution is -0.0498. The summed E-state index contributed by atoms with van der Waals surface area (Å²) in [5.74, 6) is -0.761. The first-order valence-electron chi connectivity index (χ1n) is 6.48. The Hall–Kier alpha value is -2.16. The van der Waals surface area contributed by atoms with Gasteiger partial charge in [-0.2, -0.15) is 13.9 Å². The van der Waals surface area contributed by atoms with Gasteiger partial charge >= 0.3 is 6.61 Å². The number of benzene rings is 1. The first kappa shape index (κ1) is 19.2. The Bertz CT molecular complexity index is 817. The summed E-state index contributed by atoms with van der Waals surface area (Å²) < 4.78 is 28.3. The number of hydrogen-bond acceptors (Lipinski definition) is 5. The summed E-state index contributed by atoms with van der Waals surface area (Å²) in [5.41, 5.74) is 8.00. The van der Waals surface area contributed by atoms with Gasteiger partial charge in [0, 0.05) is 0 Å². The van der Waals surface area contributed by atoms with Crippen molar-refractivity contribution < 1.29 is 18.3 Å². The lowest BCUT2D eigenvalue weighted by atomic mass is 10.2. The molecule has 0 bridgehead atoms. The van der Waals surface area contributed by atoms with Crippen molar-refractivity contribution in [2.75, 3.05) is 5.73 Å². The van der Waals surface area contributed by atoms with Gasteiger partial charge in [-0.15, -0.1) is 0 Å². The number of nitrogens with two attached hydrogens (primary N) is 1. The molecule has 6 nitrogen and oxygen atoms in total. The molecule has 132 valence electrons. The summed E-state index contributed by atoms with van der Waals surface area (Å²) in [6.07, 6.45) is 1.28. The number of aromatic nitrogens is 1. The van der Waals surface area contributed by atoms with E-state index in [0.717, 1.165) is 0 Å². The average Bonchev–Trinajstić information content (AvgIpc) is 2.57. The van der Waals surface area contributed by atoms with Crippen LogP contribution in [0.3, 0.4) is 0 Å². The Morgan fingerprint density at radius 1 is 1.24 bits per heavy atom. The second-order valence-electron chi connectivity index (χ2n) is 4.44. The monoisotopic (exact) mass is 408 g/mol. The molecule has 2 aromatic rings. The van der Waals surface area contributed by atoms with E-state index in [1.165, 1.54) is 30.5 Å². The summed E-state index contributed by atoms with van der Waals surface area (Å²) in [6, 6.07) is 5.59. The SMILES string of the molecule is Nc1c(Cl)c(Cl)nc(C(=O)NN=Cc2ccc(OC(F)F)cc2)c1Cl. The topological polar surface area (TPSA) is 89.6 Å². The molecule has 1 amide bonds. The molecule has 0 atom stereocenters. The molecule has 0 fully saturated rings. The zero-order valence-electron chi connectivity index (χ0n) is 12.1. The molecule has 0 saturated carbocycles. The van der Waals surface area contributed by atoms with Gasteiger partial charge in [-0.3, -0.25) is 4.79 Å². The van der Waals surface area contributed by atoms with Crippen LogP contribution in [0.5, 0.6) is 5.75 Å². The Kier molecular flexibility index (Phi) is 6.35. The third kappa shape index (κ3) is 4.91. The van der Waals surface area contributed by atoms with Gasteiger partial charge in [-0.1, -0.05) is 34.8 Å². The molecule has 0 spiro atoms. The van der Waals surface area contributed by atoms with E-state index in [-0.39, 0.29) is 32.3 Å². The van der Waals surface area contributed by atoms with Gasteiger partial charge in [0.2, 0.25) is 0 Å². The van der Waals surface area contributed by atoms with Crippen molar-refractivity contribution in [3.63, 3.8) is 0 Å². The Labute approximate surface area is 155 Å². The molecule has 1 aromatic heterocycles. The van der Waals surface area contributed by atoms with Crippen LogP contribution in [-0.2, 0) is 0 Å². The second kappa shape index (κ2) is 8.28. The number of hydrazone groups is 1. The number of nitrogens with one attached hydrogen (secondary N) is 1. The molecule has 0 saturated heterocycles. The van der Waals surface area contributed by atoms with Crippen LogP contribution in [0.15, 0.2) is 29.4 Å². The van der Waals surface area contributed by atoms with Crippen molar-refractivity contribution in [2.45, 2.75) is 6.61 Å². The standard InChI is InChI=1S/C14H9Cl3F2N4O2/c15-8-10(20)9(16)12(17)22-11(8)13(24)23-21-5-6-1-3-7(4-2-6)25-14(18)19/h1-5,14H,(H2,20,22)(H,23,24). The van der Waals surface area contributed by atoms with Crippen LogP contribution in [0, 0.1) is 0 Å². The second-order valence-corrected chi connectivity index (χ2v) is 5.55. The molecule has 0 radical (unpaired) electrons. The highest BCUT2D eigenvalue weighted by molar-refractivity contribution is 6.46. The van der Waals surface area contributed by atoms with Crippen molar-refractivity contribution in [1.82, 2.24) is 10.4 Å². The third-order valence-corrected chi connectivity index (χ3v) is 3.91. The number of nitrogen functional groups attached to an aromatic ring is 1. The van der Waals surface area contributed by atoms with E-state index < -0.39 is 12.5 Å². The molecular formula is C14H9Cl3F2N4O2. The van der Waals surface area contributed by atoms with Crippen molar-refractivity contribution >= 4 is 52.6 Å². The maximum Gasteiger partial charge on any atom is 0.387 e. The van der Waals surface area contributed by atoms with Crippen LogP contribution in [0.4, 0.5) is 14.5 Å². The van der Waals surface area contributed by atoms with E-state index in [4.69, 9.17) is 40.5 Å². The average molecular weight is 410 g/mol. The zero-order valence-corrected chi connectivity index (χ0v) is 14.4. The number of rotatable bonds is 5. The molecule has 1 aromatic carbocycles. The van der Waals surface area contributed by atoms with Gasteiger partial charge in [0.05, 0.1) is 16.9 Å². The van der Waals surface area contributed by atoms with Crippen LogP contribution in [0.1, 0.15) is 16.1 Å². The minimum Gasteiger partial charge on any atom is -0.435 e. The molecule has 0 aliphatic carbocycles. The molecule has 1 heterocycles. The van der Waals surface area contributed by atoms with Crippen LogP contribution in [0.2, 0.25) is 15.2 Å². The highest BCUT2D eigenvalue weighted by atomic mass is 35.5. The molecule has 11 heteroatoms. The van der Waals surface area contributed by atoms with Gasteiger partial charge in [0.1, 0.15) is 10.8 Å². The van der Waals surface area contributed by atoms with Gasteiger partial charge in [-0.05, 0) is 29.8 Å². The summed E-state index contributed by atoms with van der Waals surface area (Å²) in [5, 5.41) is 3.31. The van der Waals surface area contributed by atoms with Gasteiger partial charge in [0.25, 0.3) is 5.91 Å². The molecule has 25 heavy (non-hydrogen) atoms. The third-order valence-electron chi connectivity index (χ3n) is 2.77. The number of carbonyl (C=O) groups excluding carboxylic acids is 1. The van der Waals surface area contributed by atoms with E-state index in [2.05, 4.69) is 20.2 Å². The van der Waals surface area contributed by atoms with Crippen molar-refractivity contribution in [3.05, 3.63) is 50.7 Å². The predicted molar refractivity (Wildman–Crippen MR) is 91.8 cm³/mol. The summed E-state index contributed by atoms with van der Waals surface area (Å²) in [4.78, 5) is 15.8. The lowest BCUT2D eigenvalue weighted by Crippen LogP contribution is -2.20. The Morgan fingerprint density at radius 3 is 2.48 bits per heavy atom. The number of carbonyl (C=O) groups is 1. The normalized spacial score (nSPS) is 11.1. The van der Waals surface area contributed by atoms with Crippen LogP contribution in [-0.4, -0.2) is 23.7 Å². The maximum atomic E-state index is 12.0. The summed E-state index contributed by atoms with van der Waals surface area (Å²) in [6.45, 7) is -2.91. The minimum absolute atomic E-state index is 0.00144. The van der Waals surface area contributed by atoms with E-state index in [1.807, 2.05) is 0 Å². The predicted octanol–water partition coefficient (Wildman–Crippen LogP) is 3.99. The van der Waals surface area contributed by atoms with E-state index >= 15 is 0 Å². The van der Waals surface area contributed by atoms with Crippen LogP contribution >= 0.6 is 34.8 Å². The molecule has 3 N–H and O–H groups in total. The highest BCUT2D eigenvalue weighted by Crippen LogP contribution is 2.34. The van der Waals surface area contributed by atoms with Gasteiger partial charge in [0.15, 0.2) is 10.8 Å². The fourth-order valence-corrected chi connectivity index (χ4v) is 2.23. The van der Waals surface area contributed by atoms with E-state index in [1.54, 1.807) is 0 Å². The zero-order chi connectivity index (χ0) is 18.6. The van der Waals surface area contributed by atoms with Crippen molar-refractivity contribution in [1.29, 1.82) is 0 Å². The number of ether oxygens (including phenoxy) is 1. The van der Waals surface area contributed by atoms with Gasteiger partial charge < -0.3 is 10.5 Å². The quantitative estimate of drug-likeness (QED) is 0.444. The number of pyridine rings is 1. The van der Waals surface area contributed by atoms with Crippen LogP contribution < -0.4 is 15.9 Å². The Balaban J connectivity index is 2.06. The summed E-state index contributed by atoms with van der Waals surface area (Å²) in [7, 11) is 0. The molecule has 0 unspecified atom stereocenters. The molecular weight excluding hydrogens is 401 g/mol. The number of hydrogen-bond donors (Lipinski definition) is 2. The maximum absolute atomic E-state index is 12.0. The lowest BCUT2D eigenvalue weighted by Gasteiger charge is -2.07. The van der Waals surface area contributed by atoms with Crippen molar-refractivity contribution in [3.8, 4) is 5.75 Å². The molecule has 2 rings (SSSR count). The first-order valence-corrected chi connectivity index (χ1v) is 7.61. The highest BCUT2D eigenvalue weighted by Gasteiger charge is 2.19. The molecule has 0 aliphatic rings.